The highest BCUT2D eigenvalue weighted by Crippen LogP contribution is 2.36. The van der Waals surface area contributed by atoms with Crippen molar-refractivity contribution < 1.29 is 31.2 Å². The average molecular weight is 554 g/mol. The normalized spacial score (nSPS) is 12.7. The molecule has 2 aromatic rings. The number of nitrogens with one attached hydrogen (secondary N) is 1. The summed E-state index contributed by atoms with van der Waals surface area (Å²) in [4.78, 5) is 27.1. The molecule has 0 spiro atoms. The van der Waals surface area contributed by atoms with Gasteiger partial charge < -0.3 is 10.2 Å². The Morgan fingerprint density at radius 2 is 1.69 bits per heavy atom. The molecular formula is C22H24Cl2F3N3O4S. The van der Waals surface area contributed by atoms with Gasteiger partial charge in [0, 0.05) is 18.6 Å². The minimum Gasteiger partial charge on any atom is -0.357 e. The van der Waals surface area contributed by atoms with Crippen molar-refractivity contribution in [3.63, 3.8) is 0 Å². The van der Waals surface area contributed by atoms with Gasteiger partial charge in [-0.2, -0.15) is 13.2 Å². The van der Waals surface area contributed by atoms with E-state index in [-0.39, 0.29) is 18.0 Å². The molecule has 1 atom stereocenters. The summed E-state index contributed by atoms with van der Waals surface area (Å²) in [6.07, 6.45) is -3.82. The Labute approximate surface area is 211 Å². The molecule has 2 amide bonds. The van der Waals surface area contributed by atoms with Crippen LogP contribution in [0.3, 0.4) is 0 Å². The van der Waals surface area contributed by atoms with Crippen LogP contribution in [0.25, 0.3) is 0 Å². The third-order valence-electron chi connectivity index (χ3n) is 5.12. The van der Waals surface area contributed by atoms with Gasteiger partial charge in [0.05, 0.1) is 22.5 Å². The van der Waals surface area contributed by atoms with Crippen molar-refractivity contribution in [1.82, 2.24) is 10.2 Å². The van der Waals surface area contributed by atoms with Crippen LogP contribution in [-0.2, 0) is 32.3 Å². The van der Waals surface area contributed by atoms with E-state index in [1.807, 2.05) is 0 Å². The molecule has 0 aliphatic rings. The summed E-state index contributed by atoms with van der Waals surface area (Å²) in [6.45, 7) is 0.719. The first-order valence-electron chi connectivity index (χ1n) is 10.3. The Hall–Kier alpha value is -2.50. The maximum Gasteiger partial charge on any atom is 0.416 e. The summed E-state index contributed by atoms with van der Waals surface area (Å²) >= 11 is 12.0. The van der Waals surface area contributed by atoms with Crippen LogP contribution < -0.4 is 9.62 Å². The number of rotatable bonds is 9. The lowest BCUT2D eigenvalue weighted by molar-refractivity contribution is -0.140. The smallest absolute Gasteiger partial charge is 0.357 e. The van der Waals surface area contributed by atoms with Crippen molar-refractivity contribution in [1.29, 1.82) is 0 Å². The highest BCUT2D eigenvalue weighted by molar-refractivity contribution is 7.92. The first-order valence-corrected chi connectivity index (χ1v) is 12.9. The molecule has 0 aromatic heterocycles. The van der Waals surface area contributed by atoms with Crippen LogP contribution in [0.2, 0.25) is 10.0 Å². The molecule has 192 valence electrons. The number of carbonyl (C=O) groups excluding carboxylic acids is 2. The molecule has 13 heteroatoms. The molecule has 0 heterocycles. The van der Waals surface area contributed by atoms with Crippen LogP contribution >= 0.6 is 23.2 Å². The summed E-state index contributed by atoms with van der Waals surface area (Å²) in [6, 6.07) is 7.66. The van der Waals surface area contributed by atoms with E-state index in [1.54, 1.807) is 31.2 Å². The zero-order valence-corrected chi connectivity index (χ0v) is 21.4. The number of anilines is 1. The maximum absolute atomic E-state index is 13.4. The predicted octanol–water partition coefficient (Wildman–Crippen LogP) is 4.33. The first-order chi connectivity index (χ1) is 16.2. The number of halogens is 5. The zero-order valence-electron chi connectivity index (χ0n) is 19.1. The summed E-state index contributed by atoms with van der Waals surface area (Å²) in [5.74, 6) is -1.30. The molecule has 0 radical (unpaired) electrons. The lowest BCUT2D eigenvalue weighted by Gasteiger charge is -2.33. The Bertz CT molecular complexity index is 1180. The van der Waals surface area contributed by atoms with Crippen LogP contribution in [0.1, 0.15) is 24.5 Å². The van der Waals surface area contributed by atoms with E-state index in [2.05, 4.69) is 5.32 Å². The summed E-state index contributed by atoms with van der Waals surface area (Å²) in [5.41, 5.74) is -1.03. The fraction of sp³-hybridized carbons (Fsp3) is 0.364. The van der Waals surface area contributed by atoms with E-state index in [4.69, 9.17) is 23.2 Å². The Morgan fingerprint density at radius 3 is 2.17 bits per heavy atom. The molecule has 1 N–H and O–H groups in total. The molecule has 2 rings (SSSR count). The topological polar surface area (TPSA) is 86.8 Å². The molecule has 0 aliphatic carbocycles. The van der Waals surface area contributed by atoms with Gasteiger partial charge in [0.1, 0.15) is 12.6 Å². The van der Waals surface area contributed by atoms with Gasteiger partial charge >= 0.3 is 6.18 Å². The Balaban J connectivity index is 2.52. The third kappa shape index (κ3) is 7.49. The largest absolute Gasteiger partial charge is 0.416 e. The van der Waals surface area contributed by atoms with Crippen molar-refractivity contribution in [3.8, 4) is 0 Å². The van der Waals surface area contributed by atoms with Crippen molar-refractivity contribution in [3.05, 3.63) is 63.6 Å². The van der Waals surface area contributed by atoms with Crippen molar-refractivity contribution >= 4 is 50.7 Å². The summed E-state index contributed by atoms with van der Waals surface area (Å²) in [7, 11) is -2.86. The number of benzene rings is 2. The van der Waals surface area contributed by atoms with Gasteiger partial charge in [-0.05, 0) is 42.3 Å². The number of carbonyl (C=O) groups is 2. The minimum absolute atomic E-state index is 0.0736. The summed E-state index contributed by atoms with van der Waals surface area (Å²) < 4.78 is 65.4. The second-order valence-electron chi connectivity index (χ2n) is 7.62. The molecule has 7 nitrogen and oxygen atoms in total. The number of likely N-dealkylation sites (N-methyl/N-ethyl adjacent to an activating group) is 1. The third-order valence-corrected chi connectivity index (χ3v) is 6.82. The van der Waals surface area contributed by atoms with Gasteiger partial charge in [-0.3, -0.25) is 13.9 Å². The monoisotopic (exact) mass is 553 g/mol. The second-order valence-corrected chi connectivity index (χ2v) is 10.4. The van der Waals surface area contributed by atoms with Crippen LogP contribution in [0.15, 0.2) is 42.5 Å². The van der Waals surface area contributed by atoms with Crippen molar-refractivity contribution in [2.24, 2.45) is 0 Å². The molecule has 0 aliphatic heterocycles. The van der Waals surface area contributed by atoms with Crippen molar-refractivity contribution in [2.45, 2.75) is 32.1 Å². The fourth-order valence-electron chi connectivity index (χ4n) is 3.35. The van der Waals surface area contributed by atoms with Gasteiger partial charge in [-0.1, -0.05) is 42.3 Å². The Kier molecular flexibility index (Phi) is 9.43. The number of hydrogen-bond donors (Lipinski definition) is 1. The molecule has 0 saturated carbocycles. The summed E-state index contributed by atoms with van der Waals surface area (Å²) in [5, 5.41) is 2.62. The molecule has 35 heavy (non-hydrogen) atoms. The van der Waals surface area contributed by atoms with E-state index in [0.29, 0.717) is 27.0 Å². The maximum atomic E-state index is 13.4. The molecule has 2 aromatic carbocycles. The molecular weight excluding hydrogens is 530 g/mol. The van der Waals surface area contributed by atoms with Gasteiger partial charge in [-0.25, -0.2) is 8.42 Å². The van der Waals surface area contributed by atoms with E-state index >= 15 is 0 Å². The molecule has 0 fully saturated rings. The van der Waals surface area contributed by atoms with Gasteiger partial charge in [-0.15, -0.1) is 0 Å². The van der Waals surface area contributed by atoms with Crippen LogP contribution in [0.5, 0.6) is 0 Å². The SMILES string of the molecule is CC[C@@H](C(=O)NC)N(Cc1ccc(Cl)cc1)C(=O)CN(c1cc(C(F)(F)F)ccc1Cl)S(C)(=O)=O. The lowest BCUT2D eigenvalue weighted by atomic mass is 10.1. The van der Waals surface area contributed by atoms with E-state index in [0.717, 1.165) is 12.3 Å². The second kappa shape index (κ2) is 11.5. The predicted molar refractivity (Wildman–Crippen MR) is 129 cm³/mol. The quantitative estimate of drug-likeness (QED) is 0.500. The molecule has 0 bridgehead atoms. The number of sulfonamides is 1. The van der Waals surface area contributed by atoms with Crippen LogP contribution in [-0.4, -0.2) is 51.0 Å². The average Bonchev–Trinajstić information content (AvgIpc) is 2.77. The molecule has 0 saturated heterocycles. The van der Waals surface area contributed by atoms with E-state index in [1.165, 1.54) is 11.9 Å². The highest BCUT2D eigenvalue weighted by atomic mass is 35.5. The highest BCUT2D eigenvalue weighted by Gasteiger charge is 2.35. The van der Waals surface area contributed by atoms with Gasteiger partial charge in [0.25, 0.3) is 0 Å². The zero-order chi connectivity index (χ0) is 26.6. The standard InChI is InChI=1S/C22H24Cl2F3N3O4S/c1-4-18(21(32)28-2)29(12-14-5-8-16(23)9-6-14)20(31)13-30(35(3,33)34)19-11-15(22(25,26)27)7-10-17(19)24/h5-11,18H,4,12-13H2,1-3H3,(H,28,32)/t18-/m0/s1. The number of amides is 2. The van der Waals surface area contributed by atoms with Crippen molar-refractivity contribution in [2.75, 3.05) is 24.2 Å². The fourth-order valence-corrected chi connectivity index (χ4v) is 4.60. The van der Waals surface area contributed by atoms with Gasteiger partial charge in [0.15, 0.2) is 0 Å². The Morgan fingerprint density at radius 1 is 1.09 bits per heavy atom. The first kappa shape index (κ1) is 28.7. The van der Waals surface area contributed by atoms with Gasteiger partial charge in [0.2, 0.25) is 21.8 Å². The minimum atomic E-state index is -4.76. The molecule has 0 unspecified atom stereocenters. The lowest BCUT2D eigenvalue weighted by Crippen LogP contribution is -2.51. The number of nitrogens with zero attached hydrogens (tertiary/aromatic N) is 2. The van der Waals surface area contributed by atoms with Crippen LogP contribution in [0, 0.1) is 0 Å². The number of hydrogen-bond acceptors (Lipinski definition) is 4. The van der Waals surface area contributed by atoms with Crippen LogP contribution in [0.4, 0.5) is 18.9 Å². The number of alkyl halides is 3. The van der Waals surface area contributed by atoms with E-state index < -0.39 is 51.9 Å². The van der Waals surface area contributed by atoms with E-state index in [9.17, 15) is 31.2 Å².